The first-order chi connectivity index (χ1) is 13.7. The summed E-state index contributed by atoms with van der Waals surface area (Å²) in [5.74, 6) is 0. The minimum atomic E-state index is -1.47. The molecule has 0 aromatic carbocycles. The summed E-state index contributed by atoms with van der Waals surface area (Å²) in [7, 11) is -2.95. The first-order valence-corrected chi connectivity index (χ1v) is 17.8. The number of allylic oxidation sites excluding steroid dienone is 8. The Kier molecular flexibility index (Phi) is 19.2. The maximum absolute atomic E-state index is 3.51. The van der Waals surface area contributed by atoms with Crippen LogP contribution in [0.1, 0.15) is 68.2 Å². The van der Waals surface area contributed by atoms with Crippen LogP contribution in [0, 0.1) is 12.2 Å². The molecule has 0 amide bonds. The topological polar surface area (TPSA) is 6.48 Å². The Balaban J connectivity index is -0.000000500. The van der Waals surface area contributed by atoms with Gasteiger partial charge < -0.3 is 33.9 Å². The fourth-order valence-electron chi connectivity index (χ4n) is 5.70. The molecule has 33 heavy (non-hydrogen) atoms. The van der Waals surface area contributed by atoms with Gasteiger partial charge in [0.1, 0.15) is 16.5 Å². The summed E-state index contributed by atoms with van der Waals surface area (Å²) in [6, 6.07) is 2.48. The number of nitrogens with zero attached hydrogens (tertiary/aromatic N) is 2. The molecule has 2 aliphatic carbocycles. The third kappa shape index (κ3) is 10.3. The molecule has 0 heterocycles. The Morgan fingerprint density at radius 1 is 0.606 bits per heavy atom. The van der Waals surface area contributed by atoms with Crippen molar-refractivity contribution in [3.05, 3.63) is 46.8 Å². The summed E-state index contributed by atoms with van der Waals surface area (Å²) >= 11 is 0. The molecule has 0 spiro atoms. The average Bonchev–Trinajstić information content (AvgIpc) is 3.28. The van der Waals surface area contributed by atoms with Crippen molar-refractivity contribution in [2.24, 2.45) is 0 Å². The normalized spacial score (nSPS) is 15.5. The zero-order valence-corrected chi connectivity index (χ0v) is 29.2. The molecule has 0 unspecified atom stereocenters. The van der Waals surface area contributed by atoms with Gasteiger partial charge in [-0.2, -0.15) is 12.2 Å². The van der Waals surface area contributed by atoms with Crippen molar-refractivity contribution in [3.63, 3.8) is 0 Å². The number of hydrogen-bond acceptors (Lipinski definition) is 2. The van der Waals surface area contributed by atoms with Crippen LogP contribution in [-0.4, -0.2) is 49.8 Å². The average molecular weight is 607 g/mol. The van der Waals surface area contributed by atoms with Gasteiger partial charge in [-0.1, -0.05) is 81.6 Å². The molecule has 0 N–H and O–H groups in total. The summed E-state index contributed by atoms with van der Waals surface area (Å²) in [4.78, 5) is 0. The van der Waals surface area contributed by atoms with Crippen molar-refractivity contribution in [3.8, 4) is 0 Å². The van der Waals surface area contributed by atoms with E-state index in [2.05, 4.69) is 127 Å². The smallest absolute Gasteiger partial charge is 1.00 e. The van der Waals surface area contributed by atoms with E-state index in [1.54, 1.807) is 0 Å². The Labute approximate surface area is 240 Å². The van der Waals surface area contributed by atoms with Crippen molar-refractivity contribution in [2.75, 3.05) is 0 Å². The molecule has 7 heteroatoms. The molecule has 2 rings (SSSR count). The third-order valence-corrected chi connectivity index (χ3v) is 14.2. The minimum Gasteiger partial charge on any atom is -1.00 e. The standard InChI is InChI=1S/2C13H24NSi.2ClH.Zr/c2*1-11(2)14(12(3)4)15(5,6)13-9-7-8-10-13;;;/h2*7,9,11-12H,8H2,1-6H3;2*1H;/q2*-1;;;+4/p-2. The van der Waals surface area contributed by atoms with Gasteiger partial charge in [0.25, 0.3) is 0 Å². The Morgan fingerprint density at radius 3 is 1.00 bits per heavy atom. The second kappa shape index (κ2) is 16.5. The minimum absolute atomic E-state index is 0. The largest absolute Gasteiger partial charge is 4.00 e. The predicted octanol–water partition coefficient (Wildman–Crippen LogP) is 1.08. The van der Waals surface area contributed by atoms with Gasteiger partial charge >= 0.3 is 26.2 Å². The zero-order chi connectivity index (χ0) is 23.3. The third-order valence-electron chi connectivity index (χ3n) is 6.22. The van der Waals surface area contributed by atoms with E-state index < -0.39 is 16.5 Å². The molecular weight excluding hydrogens is 559 g/mol. The van der Waals surface area contributed by atoms with Gasteiger partial charge in [-0.3, -0.25) is 12.2 Å². The maximum atomic E-state index is 3.51. The maximum Gasteiger partial charge on any atom is 4.00 e. The second-order valence-corrected chi connectivity index (χ2v) is 19.0. The molecule has 0 aromatic heterocycles. The molecule has 0 atom stereocenters. The van der Waals surface area contributed by atoms with E-state index in [0.29, 0.717) is 24.2 Å². The van der Waals surface area contributed by atoms with Gasteiger partial charge in [0.05, 0.1) is 0 Å². The van der Waals surface area contributed by atoms with Crippen molar-refractivity contribution in [2.45, 2.75) is 119 Å². The quantitative estimate of drug-likeness (QED) is 0.302. The van der Waals surface area contributed by atoms with Gasteiger partial charge in [0.2, 0.25) is 0 Å². The molecule has 0 bridgehead atoms. The number of halogens is 2. The fourth-order valence-corrected chi connectivity index (χ4v) is 13.5. The van der Waals surface area contributed by atoms with Crippen LogP contribution in [0.15, 0.2) is 34.7 Å². The first-order valence-electron chi connectivity index (χ1n) is 11.9. The van der Waals surface area contributed by atoms with Crippen LogP contribution in [0.4, 0.5) is 0 Å². The van der Waals surface area contributed by atoms with Crippen LogP contribution in [0.5, 0.6) is 0 Å². The van der Waals surface area contributed by atoms with Crippen LogP contribution < -0.4 is 24.8 Å². The molecule has 188 valence electrons. The van der Waals surface area contributed by atoms with Crippen molar-refractivity contribution in [1.82, 2.24) is 9.13 Å². The molecule has 0 saturated carbocycles. The Morgan fingerprint density at radius 2 is 0.848 bits per heavy atom. The molecule has 0 aromatic rings. The monoisotopic (exact) mass is 604 g/mol. The van der Waals surface area contributed by atoms with E-state index in [0.717, 1.165) is 12.8 Å². The molecule has 0 saturated heterocycles. The SMILES string of the molecule is CC(C)N(C(C)C)[Si](C)(C)C1=[C-]CC=C1.CC(C)N(C(C)C)[Si](C)(C)C1=[C-]CC=C1.[Cl-].[Cl-].[Zr+4]. The molecule has 0 aliphatic heterocycles. The molecule has 2 nitrogen and oxygen atoms in total. The molecule has 2 aliphatic rings. The molecule has 0 fully saturated rings. The molecule has 0 radical (unpaired) electrons. The van der Waals surface area contributed by atoms with Crippen LogP contribution in [0.2, 0.25) is 26.2 Å². The van der Waals surface area contributed by atoms with E-state index in [4.69, 9.17) is 0 Å². The van der Waals surface area contributed by atoms with Gasteiger partial charge in [0.15, 0.2) is 0 Å². The first kappa shape index (κ1) is 38.3. The van der Waals surface area contributed by atoms with Crippen molar-refractivity contribution >= 4 is 16.5 Å². The van der Waals surface area contributed by atoms with Gasteiger partial charge in [0, 0.05) is 0 Å². The van der Waals surface area contributed by atoms with E-state index in [1.165, 1.54) is 10.4 Å². The van der Waals surface area contributed by atoms with Crippen LogP contribution >= 0.6 is 0 Å². The molecular formula is C26H48Cl2N2Si2Zr. The van der Waals surface area contributed by atoms with Crippen LogP contribution in [-0.2, 0) is 26.2 Å². The van der Waals surface area contributed by atoms with E-state index in [1.807, 2.05) is 0 Å². The Hall–Kier alpha value is 0.777. The van der Waals surface area contributed by atoms with E-state index in [-0.39, 0.29) is 51.0 Å². The summed E-state index contributed by atoms with van der Waals surface area (Å²) in [5, 5.41) is 2.95. The number of hydrogen-bond donors (Lipinski definition) is 0. The summed E-state index contributed by atoms with van der Waals surface area (Å²) < 4.78 is 5.37. The van der Waals surface area contributed by atoms with Crippen molar-refractivity contribution < 1.29 is 51.0 Å². The van der Waals surface area contributed by atoms with Crippen LogP contribution in [0.25, 0.3) is 0 Å². The van der Waals surface area contributed by atoms with Gasteiger partial charge in [-0.15, -0.1) is 12.8 Å². The van der Waals surface area contributed by atoms with Gasteiger partial charge in [-0.25, -0.2) is 22.5 Å². The zero-order valence-electron chi connectivity index (χ0n) is 23.2. The number of rotatable bonds is 8. The Bertz CT molecular complexity index is 608. The van der Waals surface area contributed by atoms with Crippen LogP contribution in [0.3, 0.4) is 0 Å². The predicted molar refractivity (Wildman–Crippen MR) is 140 cm³/mol. The second-order valence-electron chi connectivity index (χ2n) is 10.7. The summed E-state index contributed by atoms with van der Waals surface area (Å²) in [6.07, 6.45) is 18.1. The van der Waals surface area contributed by atoms with E-state index in [9.17, 15) is 0 Å². The summed E-state index contributed by atoms with van der Waals surface area (Å²) in [5.41, 5.74) is 0. The van der Waals surface area contributed by atoms with Crippen molar-refractivity contribution in [1.29, 1.82) is 0 Å². The van der Waals surface area contributed by atoms with Gasteiger partial charge in [-0.05, 0) is 24.2 Å². The summed E-state index contributed by atoms with van der Waals surface area (Å²) in [6.45, 7) is 28.1. The fraction of sp³-hybridized carbons (Fsp3) is 0.692. The van der Waals surface area contributed by atoms with E-state index >= 15 is 0 Å².